The van der Waals surface area contributed by atoms with E-state index in [0.717, 1.165) is 23.4 Å². The first-order chi connectivity index (χ1) is 8.75. The van der Waals surface area contributed by atoms with E-state index in [9.17, 15) is 4.79 Å². The van der Waals surface area contributed by atoms with E-state index in [4.69, 9.17) is 5.11 Å². The third kappa shape index (κ3) is 1.90. The standard InChI is InChI=1S/C15H17NO2/c17-15(18)13-6-3-7-14-12(13)8-9-16(14)10-11-4-1-2-5-11/h3,6-9,11H,1-2,4-5,10H2,(H,17,18). The summed E-state index contributed by atoms with van der Waals surface area (Å²) in [4.78, 5) is 11.2. The molecule has 1 saturated carbocycles. The summed E-state index contributed by atoms with van der Waals surface area (Å²) in [5, 5.41) is 10.0. The van der Waals surface area contributed by atoms with Crippen LogP contribution in [0.3, 0.4) is 0 Å². The first kappa shape index (κ1) is 11.3. The number of hydrogen-bond acceptors (Lipinski definition) is 1. The largest absolute Gasteiger partial charge is 0.478 e. The molecule has 18 heavy (non-hydrogen) atoms. The van der Waals surface area contributed by atoms with Gasteiger partial charge in [-0.25, -0.2) is 4.79 Å². The summed E-state index contributed by atoms with van der Waals surface area (Å²) >= 11 is 0. The summed E-state index contributed by atoms with van der Waals surface area (Å²) in [6, 6.07) is 7.44. The predicted octanol–water partition coefficient (Wildman–Crippen LogP) is 3.53. The highest BCUT2D eigenvalue weighted by atomic mass is 16.4. The van der Waals surface area contributed by atoms with Crippen LogP contribution >= 0.6 is 0 Å². The van der Waals surface area contributed by atoms with Crippen molar-refractivity contribution in [1.29, 1.82) is 0 Å². The second kappa shape index (κ2) is 4.48. The van der Waals surface area contributed by atoms with Crippen LogP contribution in [0.2, 0.25) is 0 Å². The van der Waals surface area contributed by atoms with Gasteiger partial charge in [0.05, 0.1) is 5.56 Å². The van der Waals surface area contributed by atoms with E-state index < -0.39 is 5.97 Å². The molecule has 3 nitrogen and oxygen atoms in total. The first-order valence-corrected chi connectivity index (χ1v) is 6.57. The normalized spacial score (nSPS) is 16.4. The van der Waals surface area contributed by atoms with Gasteiger partial charge < -0.3 is 9.67 Å². The number of carboxylic acids is 1. The molecule has 1 aromatic carbocycles. The summed E-state index contributed by atoms with van der Waals surface area (Å²) < 4.78 is 2.21. The van der Waals surface area contributed by atoms with Crippen LogP contribution in [0.4, 0.5) is 0 Å². The molecule has 0 amide bonds. The molecular weight excluding hydrogens is 226 g/mol. The maximum absolute atomic E-state index is 11.2. The molecule has 1 aliphatic carbocycles. The fraction of sp³-hybridized carbons (Fsp3) is 0.400. The second-order valence-electron chi connectivity index (χ2n) is 5.16. The van der Waals surface area contributed by atoms with Crippen molar-refractivity contribution < 1.29 is 9.90 Å². The maximum Gasteiger partial charge on any atom is 0.336 e. The second-order valence-corrected chi connectivity index (χ2v) is 5.16. The Hall–Kier alpha value is -1.77. The summed E-state index contributed by atoms with van der Waals surface area (Å²) in [6.07, 6.45) is 7.31. The number of nitrogens with zero attached hydrogens (tertiary/aromatic N) is 1. The highest BCUT2D eigenvalue weighted by Gasteiger charge is 2.17. The Morgan fingerprint density at radius 3 is 2.78 bits per heavy atom. The molecule has 1 aromatic heterocycles. The lowest BCUT2D eigenvalue weighted by Gasteiger charge is -2.11. The van der Waals surface area contributed by atoms with Gasteiger partial charge >= 0.3 is 5.97 Å². The first-order valence-electron chi connectivity index (χ1n) is 6.57. The number of aromatic carboxylic acids is 1. The summed E-state index contributed by atoms with van der Waals surface area (Å²) in [7, 11) is 0. The van der Waals surface area contributed by atoms with Crippen LogP contribution < -0.4 is 0 Å². The molecule has 0 unspecified atom stereocenters. The average Bonchev–Trinajstić information content (AvgIpc) is 2.99. The van der Waals surface area contributed by atoms with Crippen molar-refractivity contribution in [1.82, 2.24) is 4.57 Å². The average molecular weight is 243 g/mol. The minimum absolute atomic E-state index is 0.401. The highest BCUT2D eigenvalue weighted by Crippen LogP contribution is 2.28. The van der Waals surface area contributed by atoms with Crippen LogP contribution in [0, 0.1) is 5.92 Å². The van der Waals surface area contributed by atoms with E-state index in [0.29, 0.717) is 5.56 Å². The minimum Gasteiger partial charge on any atom is -0.478 e. The lowest BCUT2D eigenvalue weighted by Crippen LogP contribution is -2.06. The van der Waals surface area contributed by atoms with Gasteiger partial charge in [0.15, 0.2) is 0 Å². The van der Waals surface area contributed by atoms with Crippen LogP contribution in [0.1, 0.15) is 36.0 Å². The van der Waals surface area contributed by atoms with E-state index in [1.807, 2.05) is 24.4 Å². The number of carboxylic acid groups (broad SMARTS) is 1. The van der Waals surface area contributed by atoms with Crippen molar-refractivity contribution in [3.8, 4) is 0 Å². The van der Waals surface area contributed by atoms with Crippen LogP contribution in [-0.4, -0.2) is 15.6 Å². The molecule has 0 atom stereocenters. The lowest BCUT2D eigenvalue weighted by molar-refractivity contribution is 0.0699. The SMILES string of the molecule is O=C(O)c1cccc2c1ccn2CC1CCCC1. The van der Waals surface area contributed by atoms with Crippen molar-refractivity contribution in [2.24, 2.45) is 5.92 Å². The number of carbonyl (C=O) groups is 1. The number of hydrogen-bond donors (Lipinski definition) is 1. The predicted molar refractivity (Wildman–Crippen MR) is 70.9 cm³/mol. The molecule has 3 rings (SSSR count). The molecule has 1 fully saturated rings. The van der Waals surface area contributed by atoms with Crippen LogP contribution in [-0.2, 0) is 6.54 Å². The van der Waals surface area contributed by atoms with Gasteiger partial charge in [-0.05, 0) is 37.0 Å². The van der Waals surface area contributed by atoms with Gasteiger partial charge in [-0.1, -0.05) is 18.9 Å². The highest BCUT2D eigenvalue weighted by molar-refractivity contribution is 6.02. The number of rotatable bonds is 3. The lowest BCUT2D eigenvalue weighted by atomic mass is 10.1. The number of fused-ring (bicyclic) bond motifs is 1. The fourth-order valence-electron chi connectivity index (χ4n) is 3.04. The summed E-state index contributed by atoms with van der Waals surface area (Å²) in [5.74, 6) is -0.0895. The summed E-state index contributed by atoms with van der Waals surface area (Å²) in [5.41, 5.74) is 1.44. The molecule has 3 heteroatoms. The molecule has 0 aliphatic heterocycles. The van der Waals surface area contributed by atoms with Crippen molar-refractivity contribution >= 4 is 16.9 Å². The molecule has 1 heterocycles. The van der Waals surface area contributed by atoms with Crippen LogP contribution in [0.15, 0.2) is 30.5 Å². The molecule has 94 valence electrons. The molecular formula is C15H17NO2. The van der Waals surface area contributed by atoms with Crippen LogP contribution in [0.5, 0.6) is 0 Å². The van der Waals surface area contributed by atoms with Crippen molar-refractivity contribution in [2.75, 3.05) is 0 Å². The summed E-state index contributed by atoms with van der Waals surface area (Å²) in [6.45, 7) is 1.02. The fourth-order valence-corrected chi connectivity index (χ4v) is 3.04. The molecule has 0 bridgehead atoms. The third-order valence-corrected chi connectivity index (χ3v) is 3.97. The smallest absolute Gasteiger partial charge is 0.336 e. The minimum atomic E-state index is -0.848. The Bertz CT molecular complexity index is 579. The molecule has 0 spiro atoms. The van der Waals surface area contributed by atoms with E-state index in [2.05, 4.69) is 4.57 Å². The van der Waals surface area contributed by atoms with Gasteiger partial charge in [0.25, 0.3) is 0 Å². The zero-order chi connectivity index (χ0) is 12.5. The van der Waals surface area contributed by atoms with Crippen molar-refractivity contribution in [2.45, 2.75) is 32.2 Å². The van der Waals surface area contributed by atoms with Crippen molar-refractivity contribution in [3.05, 3.63) is 36.0 Å². The van der Waals surface area contributed by atoms with Gasteiger partial charge in [0.2, 0.25) is 0 Å². The zero-order valence-corrected chi connectivity index (χ0v) is 10.3. The maximum atomic E-state index is 11.2. The Kier molecular flexibility index (Phi) is 2.82. The zero-order valence-electron chi connectivity index (χ0n) is 10.3. The van der Waals surface area contributed by atoms with Gasteiger partial charge in [-0.15, -0.1) is 0 Å². The van der Waals surface area contributed by atoms with Gasteiger partial charge in [-0.2, -0.15) is 0 Å². The topological polar surface area (TPSA) is 42.2 Å². The quantitative estimate of drug-likeness (QED) is 0.896. The van der Waals surface area contributed by atoms with Crippen LogP contribution in [0.25, 0.3) is 10.9 Å². The molecule has 1 aliphatic rings. The van der Waals surface area contributed by atoms with E-state index in [1.54, 1.807) is 6.07 Å². The molecule has 2 aromatic rings. The Labute approximate surface area is 106 Å². The van der Waals surface area contributed by atoms with E-state index in [1.165, 1.54) is 25.7 Å². The van der Waals surface area contributed by atoms with Gasteiger partial charge in [0.1, 0.15) is 0 Å². The monoisotopic (exact) mass is 243 g/mol. The van der Waals surface area contributed by atoms with E-state index in [-0.39, 0.29) is 0 Å². The Morgan fingerprint density at radius 1 is 1.28 bits per heavy atom. The molecule has 0 saturated heterocycles. The third-order valence-electron chi connectivity index (χ3n) is 3.97. The Balaban J connectivity index is 1.98. The van der Waals surface area contributed by atoms with Gasteiger partial charge in [0, 0.05) is 23.6 Å². The Morgan fingerprint density at radius 2 is 2.06 bits per heavy atom. The molecule has 0 radical (unpaired) electrons. The van der Waals surface area contributed by atoms with Crippen molar-refractivity contribution in [3.63, 3.8) is 0 Å². The number of aromatic nitrogens is 1. The molecule has 1 N–H and O–H groups in total. The van der Waals surface area contributed by atoms with Gasteiger partial charge in [-0.3, -0.25) is 0 Å². The number of benzene rings is 1. The van der Waals surface area contributed by atoms with E-state index >= 15 is 0 Å².